The second-order valence-corrected chi connectivity index (χ2v) is 9.17. The van der Waals surface area contributed by atoms with E-state index in [1.807, 2.05) is 6.07 Å². The number of aromatic amines is 1. The number of anilines is 4. The van der Waals surface area contributed by atoms with E-state index in [0.717, 1.165) is 19.3 Å². The van der Waals surface area contributed by atoms with Crippen LogP contribution in [0.1, 0.15) is 38.2 Å². The summed E-state index contributed by atoms with van der Waals surface area (Å²) < 4.78 is 21.3. The van der Waals surface area contributed by atoms with Crippen molar-refractivity contribution in [3.63, 3.8) is 0 Å². The number of carbonyl (C=O) groups excluding carboxylic acids is 1. The summed E-state index contributed by atoms with van der Waals surface area (Å²) >= 11 is 0. The Kier molecular flexibility index (Phi) is 6.95. The van der Waals surface area contributed by atoms with Gasteiger partial charge in [0.1, 0.15) is 23.3 Å². The first-order valence-corrected chi connectivity index (χ1v) is 12.3. The number of rotatable bonds is 6. The topological polar surface area (TPSA) is 110 Å². The van der Waals surface area contributed by atoms with E-state index in [9.17, 15) is 4.79 Å². The maximum atomic E-state index is 15.7. The molecular formula is C26H30FN7O2. The average Bonchev–Trinajstić information content (AvgIpc) is 3.29. The summed E-state index contributed by atoms with van der Waals surface area (Å²) in [5, 5.41) is 18.1. The highest BCUT2D eigenvalue weighted by Crippen LogP contribution is 2.36. The number of H-pyrrole nitrogens is 1. The molecule has 36 heavy (non-hydrogen) atoms. The average molecular weight is 492 g/mol. The lowest BCUT2D eigenvalue weighted by Crippen LogP contribution is -2.44. The summed E-state index contributed by atoms with van der Waals surface area (Å²) in [5.41, 5.74) is 1.90. The second-order valence-electron chi connectivity index (χ2n) is 9.17. The van der Waals surface area contributed by atoms with Crippen LogP contribution in [0.2, 0.25) is 0 Å². The number of morpholine rings is 1. The molecule has 1 atom stereocenters. The third-order valence-corrected chi connectivity index (χ3v) is 6.73. The Bertz CT molecular complexity index is 1250. The monoisotopic (exact) mass is 491 g/mol. The number of hydrogen-bond acceptors (Lipinski definition) is 7. The molecule has 2 saturated heterocycles. The highest BCUT2D eigenvalue weighted by molar-refractivity contribution is 5.97. The molecule has 3 aromatic rings. The molecule has 2 aliphatic heterocycles. The number of amides is 1. The molecule has 0 radical (unpaired) electrons. The Morgan fingerprint density at radius 2 is 2.08 bits per heavy atom. The molecule has 188 valence electrons. The van der Waals surface area contributed by atoms with E-state index in [4.69, 9.17) is 15.1 Å². The molecule has 9 nitrogen and oxygen atoms in total. The zero-order valence-electron chi connectivity index (χ0n) is 20.3. The molecule has 0 bridgehead atoms. The van der Waals surface area contributed by atoms with Crippen molar-refractivity contribution in [2.75, 3.05) is 41.4 Å². The molecule has 10 heteroatoms. The van der Waals surface area contributed by atoms with Gasteiger partial charge in [0.15, 0.2) is 0 Å². The first kappa shape index (κ1) is 23.9. The highest BCUT2D eigenvalue weighted by atomic mass is 19.1. The molecule has 1 amide bonds. The summed E-state index contributed by atoms with van der Waals surface area (Å²) in [6.07, 6.45) is 6.04. The maximum Gasteiger partial charge on any atom is 0.226 e. The molecule has 0 saturated carbocycles. The number of pyridine rings is 1. The van der Waals surface area contributed by atoms with Gasteiger partial charge in [0.2, 0.25) is 5.91 Å². The van der Waals surface area contributed by atoms with E-state index in [1.54, 1.807) is 29.3 Å². The highest BCUT2D eigenvalue weighted by Gasteiger charge is 2.25. The molecule has 2 aromatic heterocycles. The van der Waals surface area contributed by atoms with Crippen molar-refractivity contribution in [3.05, 3.63) is 47.9 Å². The minimum absolute atomic E-state index is 0.0263. The van der Waals surface area contributed by atoms with Crippen LogP contribution in [-0.4, -0.2) is 59.6 Å². The van der Waals surface area contributed by atoms with Crippen LogP contribution in [0.25, 0.3) is 11.1 Å². The van der Waals surface area contributed by atoms with Gasteiger partial charge in [-0.1, -0.05) is 6.42 Å². The number of benzene rings is 1. The van der Waals surface area contributed by atoms with E-state index in [1.165, 1.54) is 12.3 Å². The van der Waals surface area contributed by atoms with E-state index < -0.39 is 5.82 Å². The third kappa shape index (κ3) is 4.81. The number of nitrogens with one attached hydrogen (secondary N) is 3. The molecular weight excluding hydrogens is 461 g/mol. The summed E-state index contributed by atoms with van der Waals surface area (Å²) in [6.45, 7) is 4.44. The normalized spacial score (nSPS) is 18.7. The Morgan fingerprint density at radius 1 is 1.19 bits per heavy atom. The smallest absolute Gasteiger partial charge is 0.226 e. The van der Waals surface area contributed by atoms with Crippen LogP contribution >= 0.6 is 0 Å². The molecule has 0 aliphatic carbocycles. The standard InChI is InChI=1S/C26H30FN7O2/c1-17-16-36-12-11-33(17)24-14-20(21(15-28)26(31-24)30-23-8-9-29-32-23)19-7-6-18(13-22(19)27)34-10-4-2-3-5-25(34)35/h6-9,13-15,17,28H,2-5,10-12,16H2,1H3,(H2,29,30,31,32)/t17-/m1/s1. The number of aromatic nitrogens is 3. The first-order chi connectivity index (χ1) is 17.5. The Labute approximate surface area is 209 Å². The van der Waals surface area contributed by atoms with Crippen molar-refractivity contribution in [2.24, 2.45) is 0 Å². The predicted molar refractivity (Wildman–Crippen MR) is 138 cm³/mol. The van der Waals surface area contributed by atoms with Gasteiger partial charge in [0.05, 0.1) is 25.5 Å². The van der Waals surface area contributed by atoms with Crippen LogP contribution in [0.4, 0.5) is 27.5 Å². The van der Waals surface area contributed by atoms with Crippen LogP contribution in [0.5, 0.6) is 0 Å². The number of halogens is 1. The Balaban J connectivity index is 1.59. The van der Waals surface area contributed by atoms with Gasteiger partial charge >= 0.3 is 0 Å². The van der Waals surface area contributed by atoms with Gasteiger partial charge in [0.25, 0.3) is 0 Å². The van der Waals surface area contributed by atoms with Gasteiger partial charge in [-0.3, -0.25) is 9.89 Å². The SMILES string of the molecule is C[C@@H]1COCCN1c1cc(-c2ccc(N3CCCCCC3=O)cc2F)c(C=N)c(Nc2ccn[nH]2)n1. The predicted octanol–water partition coefficient (Wildman–Crippen LogP) is 4.48. The van der Waals surface area contributed by atoms with Crippen molar-refractivity contribution < 1.29 is 13.9 Å². The first-order valence-electron chi connectivity index (χ1n) is 12.3. The molecule has 0 unspecified atom stereocenters. The Morgan fingerprint density at radius 3 is 2.83 bits per heavy atom. The van der Waals surface area contributed by atoms with E-state index in [2.05, 4.69) is 27.3 Å². The summed E-state index contributed by atoms with van der Waals surface area (Å²) in [7, 11) is 0. The van der Waals surface area contributed by atoms with Crippen LogP contribution in [0.15, 0.2) is 36.5 Å². The van der Waals surface area contributed by atoms with Crippen LogP contribution in [0.3, 0.4) is 0 Å². The molecule has 5 rings (SSSR count). The number of carbonyl (C=O) groups is 1. The van der Waals surface area contributed by atoms with Crippen molar-refractivity contribution in [1.82, 2.24) is 15.2 Å². The fourth-order valence-electron chi connectivity index (χ4n) is 4.82. The van der Waals surface area contributed by atoms with Gasteiger partial charge in [-0.05, 0) is 44.0 Å². The van der Waals surface area contributed by atoms with E-state index in [0.29, 0.717) is 72.6 Å². The summed E-state index contributed by atoms with van der Waals surface area (Å²) in [6, 6.07) is 8.58. The third-order valence-electron chi connectivity index (χ3n) is 6.73. The Hall–Kier alpha value is -3.79. The van der Waals surface area contributed by atoms with Crippen LogP contribution < -0.4 is 15.1 Å². The maximum absolute atomic E-state index is 15.7. The molecule has 4 heterocycles. The lowest BCUT2D eigenvalue weighted by Gasteiger charge is -2.35. The van der Waals surface area contributed by atoms with E-state index >= 15 is 4.39 Å². The second kappa shape index (κ2) is 10.4. The number of nitrogens with zero attached hydrogens (tertiary/aromatic N) is 4. The molecule has 0 spiro atoms. The quantitative estimate of drug-likeness (QED) is 0.439. The van der Waals surface area contributed by atoms with Crippen molar-refractivity contribution in [3.8, 4) is 11.1 Å². The molecule has 1 aromatic carbocycles. The van der Waals surface area contributed by atoms with Gasteiger partial charge < -0.3 is 25.3 Å². The van der Waals surface area contributed by atoms with Gasteiger partial charge in [-0.15, -0.1) is 0 Å². The fraction of sp³-hybridized carbons (Fsp3) is 0.385. The number of ether oxygens (including phenoxy) is 1. The van der Waals surface area contributed by atoms with Crippen LogP contribution in [-0.2, 0) is 9.53 Å². The lowest BCUT2D eigenvalue weighted by atomic mass is 9.99. The summed E-state index contributed by atoms with van der Waals surface area (Å²) in [4.78, 5) is 21.2. The minimum atomic E-state index is -0.452. The van der Waals surface area contributed by atoms with Gasteiger partial charge in [-0.2, -0.15) is 5.10 Å². The van der Waals surface area contributed by atoms with E-state index in [-0.39, 0.29) is 11.9 Å². The van der Waals surface area contributed by atoms with Gasteiger partial charge in [0, 0.05) is 54.2 Å². The molecule has 2 aliphatic rings. The van der Waals surface area contributed by atoms with Crippen molar-refractivity contribution >= 4 is 35.3 Å². The number of hydrogen-bond donors (Lipinski definition) is 3. The van der Waals surface area contributed by atoms with Gasteiger partial charge in [-0.25, -0.2) is 9.37 Å². The lowest BCUT2D eigenvalue weighted by molar-refractivity contribution is -0.118. The summed E-state index contributed by atoms with van der Waals surface area (Å²) in [5.74, 6) is 1.27. The van der Waals surface area contributed by atoms with Crippen molar-refractivity contribution in [2.45, 2.75) is 38.6 Å². The molecule has 2 fully saturated rings. The fourth-order valence-corrected chi connectivity index (χ4v) is 4.82. The van der Waals surface area contributed by atoms with Crippen LogP contribution in [0, 0.1) is 11.2 Å². The zero-order chi connectivity index (χ0) is 25.1. The molecule has 3 N–H and O–H groups in total. The zero-order valence-corrected chi connectivity index (χ0v) is 20.3. The van der Waals surface area contributed by atoms with Crippen molar-refractivity contribution in [1.29, 1.82) is 5.41 Å². The largest absolute Gasteiger partial charge is 0.377 e. The minimum Gasteiger partial charge on any atom is -0.377 e.